The van der Waals surface area contributed by atoms with Crippen LogP contribution in [-0.2, 0) is 16.6 Å². The third kappa shape index (κ3) is 2.48. The van der Waals surface area contributed by atoms with Crippen LogP contribution in [0.2, 0.25) is 0 Å². The molecule has 0 radical (unpaired) electrons. The Bertz CT molecular complexity index is 1150. The van der Waals surface area contributed by atoms with Gasteiger partial charge in [0.25, 0.3) is 5.91 Å². The van der Waals surface area contributed by atoms with Gasteiger partial charge in [0.15, 0.2) is 0 Å². The molecule has 3 N–H and O–H groups in total. The van der Waals surface area contributed by atoms with E-state index in [9.17, 15) is 9.90 Å². The maximum atomic E-state index is 12.6. The number of likely N-dealkylation sites (tertiary alicyclic amines) is 1. The molecule has 5 fully saturated rings. The molecular formula is C30H42N2O4. The number of hydrogen-bond acceptors (Lipinski definition) is 5. The van der Waals surface area contributed by atoms with E-state index < -0.39 is 17.1 Å². The summed E-state index contributed by atoms with van der Waals surface area (Å²) >= 11 is 0. The lowest BCUT2D eigenvalue weighted by atomic mass is 9.33. The molecule has 5 aliphatic carbocycles. The summed E-state index contributed by atoms with van der Waals surface area (Å²) in [6.07, 6.45) is 7.34. The number of primary amides is 1. The maximum Gasteiger partial charge on any atom is 0.252 e. The summed E-state index contributed by atoms with van der Waals surface area (Å²) in [5.41, 5.74) is 6.86. The number of carbonyl (C=O) groups excluding carboxylic acids is 1. The van der Waals surface area contributed by atoms with Crippen molar-refractivity contribution in [3.8, 4) is 5.75 Å². The standard InChI is InChI=1S/C30H42N2O4/c1-26(2,3)27(4,34)20-15-28-10-11-30(20,35-5)25-29(28)12-13-32(16-17-6-7-17)21(28)14-18-8-9-19(24(31)33)23(36-25)22(18)29/h8-9,17,20-21,25,34H,6-7,10-16H2,1-5H3,(H2,31,33)/t20-,21-,25?,27+,28-,29+,30-/m1/s1. The van der Waals surface area contributed by atoms with Crippen LogP contribution in [0.15, 0.2) is 12.1 Å². The van der Waals surface area contributed by atoms with E-state index in [4.69, 9.17) is 15.2 Å². The average molecular weight is 495 g/mol. The predicted octanol–water partition coefficient (Wildman–Crippen LogP) is 3.81. The molecule has 1 saturated heterocycles. The number of aliphatic hydroxyl groups is 1. The smallest absolute Gasteiger partial charge is 0.252 e. The van der Waals surface area contributed by atoms with E-state index in [0.717, 1.165) is 44.6 Å². The summed E-state index contributed by atoms with van der Waals surface area (Å²) in [6, 6.07) is 4.45. The Hall–Kier alpha value is -1.63. The predicted molar refractivity (Wildman–Crippen MR) is 137 cm³/mol. The Morgan fingerprint density at radius 1 is 1.22 bits per heavy atom. The second-order valence-electron chi connectivity index (χ2n) is 14.2. The first kappa shape index (κ1) is 23.5. The van der Waals surface area contributed by atoms with Crippen LogP contribution in [0.25, 0.3) is 0 Å². The normalized spacial score (nSPS) is 42.0. The third-order valence-electron chi connectivity index (χ3n) is 12.1. The molecule has 2 spiro atoms. The second kappa shape index (κ2) is 6.86. The molecule has 1 aromatic carbocycles. The van der Waals surface area contributed by atoms with Gasteiger partial charge in [-0.25, -0.2) is 0 Å². The third-order valence-corrected chi connectivity index (χ3v) is 12.1. The maximum absolute atomic E-state index is 12.6. The molecule has 4 saturated carbocycles. The molecule has 7 aliphatic rings. The van der Waals surface area contributed by atoms with Crippen molar-refractivity contribution in [1.29, 1.82) is 0 Å². The Labute approximate surface area is 214 Å². The lowest BCUT2D eigenvalue weighted by Gasteiger charge is -2.75. The highest BCUT2D eigenvalue weighted by molar-refractivity contribution is 5.97. The quantitative estimate of drug-likeness (QED) is 0.650. The lowest BCUT2D eigenvalue weighted by molar-refractivity contribution is -0.312. The zero-order valence-corrected chi connectivity index (χ0v) is 22.5. The fourth-order valence-corrected chi connectivity index (χ4v) is 9.79. The summed E-state index contributed by atoms with van der Waals surface area (Å²) < 4.78 is 13.6. The topological polar surface area (TPSA) is 85.0 Å². The molecule has 196 valence electrons. The fraction of sp³-hybridized carbons (Fsp3) is 0.767. The zero-order valence-electron chi connectivity index (χ0n) is 22.5. The molecule has 0 aromatic heterocycles. The highest BCUT2D eigenvalue weighted by atomic mass is 16.6. The highest BCUT2D eigenvalue weighted by Crippen LogP contribution is 2.77. The lowest BCUT2D eigenvalue weighted by Crippen LogP contribution is -2.83. The number of fused-ring (bicyclic) bond motifs is 2. The van der Waals surface area contributed by atoms with Crippen molar-refractivity contribution in [2.45, 2.75) is 101 Å². The van der Waals surface area contributed by atoms with Gasteiger partial charge in [0, 0.05) is 42.0 Å². The van der Waals surface area contributed by atoms with Gasteiger partial charge in [0.1, 0.15) is 17.5 Å². The van der Waals surface area contributed by atoms with Gasteiger partial charge in [0.05, 0.1) is 11.2 Å². The van der Waals surface area contributed by atoms with Crippen molar-refractivity contribution < 1.29 is 19.4 Å². The number of rotatable bonds is 5. The average Bonchev–Trinajstić information content (AvgIpc) is 3.56. The van der Waals surface area contributed by atoms with Gasteiger partial charge in [-0.15, -0.1) is 0 Å². The molecule has 8 rings (SSSR count). The molecule has 7 atom stereocenters. The summed E-state index contributed by atoms with van der Waals surface area (Å²) in [5.74, 6) is 1.04. The largest absolute Gasteiger partial charge is 0.485 e. The molecular weight excluding hydrogens is 452 g/mol. The number of benzene rings is 1. The van der Waals surface area contributed by atoms with Crippen LogP contribution >= 0.6 is 0 Å². The minimum atomic E-state index is -0.946. The SMILES string of the molecule is CO[C@]12CC[C@@]3(C[C@@H]1[C@](C)(O)C(C)(C)C)[C@H]1Cc4ccc(C(N)=O)c5c4[C@@]3(CCN1CC1CC1)C2O5. The van der Waals surface area contributed by atoms with E-state index in [0.29, 0.717) is 17.4 Å². The van der Waals surface area contributed by atoms with Crippen LogP contribution in [0.1, 0.15) is 87.7 Å². The molecule has 2 aliphatic heterocycles. The number of nitrogens with zero attached hydrogens (tertiary/aromatic N) is 1. The molecule has 1 amide bonds. The number of nitrogens with two attached hydrogens (primary N) is 1. The summed E-state index contributed by atoms with van der Waals surface area (Å²) in [4.78, 5) is 15.4. The van der Waals surface area contributed by atoms with Gasteiger partial charge in [-0.1, -0.05) is 26.8 Å². The van der Waals surface area contributed by atoms with Gasteiger partial charge >= 0.3 is 0 Å². The molecule has 4 bridgehead atoms. The van der Waals surface area contributed by atoms with Gasteiger partial charge in [0.2, 0.25) is 0 Å². The van der Waals surface area contributed by atoms with Crippen molar-refractivity contribution in [1.82, 2.24) is 4.90 Å². The van der Waals surface area contributed by atoms with Crippen LogP contribution in [-0.4, -0.2) is 59.5 Å². The van der Waals surface area contributed by atoms with Crippen molar-refractivity contribution in [2.75, 3.05) is 20.2 Å². The first-order valence-corrected chi connectivity index (χ1v) is 14.1. The van der Waals surface area contributed by atoms with Gasteiger partial charge in [-0.05, 0) is 81.4 Å². The molecule has 1 unspecified atom stereocenters. The van der Waals surface area contributed by atoms with Crippen LogP contribution in [0.5, 0.6) is 5.75 Å². The van der Waals surface area contributed by atoms with Crippen LogP contribution in [0.3, 0.4) is 0 Å². The number of methoxy groups -OCH3 is 1. The van der Waals surface area contributed by atoms with Crippen LogP contribution in [0.4, 0.5) is 0 Å². The Morgan fingerprint density at radius 2 is 1.97 bits per heavy atom. The Morgan fingerprint density at radius 3 is 2.61 bits per heavy atom. The van der Waals surface area contributed by atoms with Crippen LogP contribution in [0, 0.1) is 22.7 Å². The van der Waals surface area contributed by atoms with Crippen molar-refractivity contribution in [3.05, 3.63) is 28.8 Å². The molecule has 6 nitrogen and oxygen atoms in total. The van der Waals surface area contributed by atoms with E-state index in [1.807, 2.05) is 20.1 Å². The number of amides is 1. The Balaban J connectivity index is 1.49. The molecule has 6 heteroatoms. The van der Waals surface area contributed by atoms with E-state index >= 15 is 0 Å². The second-order valence-corrected chi connectivity index (χ2v) is 14.2. The number of piperidine rings is 1. The van der Waals surface area contributed by atoms with Gasteiger partial charge in [-0.3, -0.25) is 9.69 Å². The minimum absolute atomic E-state index is 0.0144. The number of ether oxygens (including phenoxy) is 2. The molecule has 2 heterocycles. The van der Waals surface area contributed by atoms with Crippen LogP contribution < -0.4 is 10.5 Å². The van der Waals surface area contributed by atoms with Crippen molar-refractivity contribution in [2.24, 2.45) is 28.4 Å². The monoisotopic (exact) mass is 494 g/mol. The van der Waals surface area contributed by atoms with Gasteiger partial charge in [-0.2, -0.15) is 0 Å². The number of hydrogen-bond donors (Lipinski definition) is 2. The van der Waals surface area contributed by atoms with E-state index in [1.54, 1.807) is 0 Å². The van der Waals surface area contributed by atoms with E-state index in [1.165, 1.54) is 30.5 Å². The van der Waals surface area contributed by atoms with Crippen molar-refractivity contribution in [3.63, 3.8) is 0 Å². The van der Waals surface area contributed by atoms with Crippen molar-refractivity contribution >= 4 is 5.91 Å². The summed E-state index contributed by atoms with van der Waals surface area (Å²) in [5, 5.41) is 12.3. The molecule has 1 aromatic rings. The van der Waals surface area contributed by atoms with E-state index in [-0.39, 0.29) is 28.3 Å². The Kier molecular flexibility index (Phi) is 4.48. The number of carbonyl (C=O) groups is 1. The summed E-state index contributed by atoms with van der Waals surface area (Å²) in [7, 11) is 1.81. The first-order valence-electron chi connectivity index (χ1n) is 14.1. The minimum Gasteiger partial charge on any atom is -0.485 e. The summed E-state index contributed by atoms with van der Waals surface area (Å²) in [6.45, 7) is 10.7. The van der Waals surface area contributed by atoms with Gasteiger partial charge < -0.3 is 20.3 Å². The first-order chi connectivity index (χ1) is 16.9. The fourth-order valence-electron chi connectivity index (χ4n) is 9.79. The zero-order chi connectivity index (χ0) is 25.5. The highest BCUT2D eigenvalue weighted by Gasteiger charge is 2.82. The van der Waals surface area contributed by atoms with E-state index in [2.05, 4.69) is 31.7 Å². The molecule has 36 heavy (non-hydrogen) atoms.